The van der Waals surface area contributed by atoms with Gasteiger partial charge in [0.25, 0.3) is 5.91 Å². The molecule has 2 atom stereocenters. The van der Waals surface area contributed by atoms with E-state index in [1.165, 1.54) is 6.42 Å². The number of carbonyl (C=O) groups is 2. The van der Waals surface area contributed by atoms with E-state index in [1.54, 1.807) is 6.92 Å². The normalized spacial score (nSPS) is 29.1. The molecule has 0 bridgehead atoms. The second-order valence-corrected chi connectivity index (χ2v) is 8.76. The minimum absolute atomic E-state index is 0.101. The van der Waals surface area contributed by atoms with E-state index in [0.29, 0.717) is 17.7 Å². The maximum absolute atomic E-state index is 12.8. The summed E-state index contributed by atoms with van der Waals surface area (Å²) in [4.78, 5) is 27.4. The molecule has 0 aromatic heterocycles. The van der Waals surface area contributed by atoms with Crippen molar-refractivity contribution in [3.63, 3.8) is 0 Å². The molecule has 2 heterocycles. The van der Waals surface area contributed by atoms with Gasteiger partial charge in [0.1, 0.15) is 5.60 Å². The Balaban J connectivity index is 1.51. The Morgan fingerprint density at radius 2 is 1.85 bits per heavy atom. The topological polar surface area (TPSA) is 58.6 Å². The predicted octanol–water partition coefficient (Wildman–Crippen LogP) is 3.05. The van der Waals surface area contributed by atoms with E-state index in [9.17, 15) is 9.59 Å². The molecule has 0 unspecified atom stereocenters. The number of amides is 1. The maximum Gasteiger partial charge on any atom is 0.335 e. The number of ether oxygens (including phenoxy) is 1. The van der Waals surface area contributed by atoms with Crippen LogP contribution in [0.4, 0.5) is 0 Å². The van der Waals surface area contributed by atoms with E-state index in [2.05, 4.69) is 24.1 Å². The lowest BCUT2D eigenvalue weighted by molar-refractivity contribution is -0.149. The highest BCUT2D eigenvalue weighted by Crippen LogP contribution is 2.43. The molecule has 1 saturated carbocycles. The summed E-state index contributed by atoms with van der Waals surface area (Å²) in [6, 6.07) is 0. The van der Waals surface area contributed by atoms with E-state index < -0.39 is 5.60 Å². The average molecular weight is 363 g/mol. The van der Waals surface area contributed by atoms with Gasteiger partial charge in [0.15, 0.2) is 0 Å². The molecule has 0 radical (unpaired) electrons. The average Bonchev–Trinajstić information content (AvgIpc) is 2.81. The fraction of sp³-hybridized carbons (Fsp3) is 0.810. The fourth-order valence-corrected chi connectivity index (χ4v) is 5.17. The van der Waals surface area contributed by atoms with E-state index >= 15 is 0 Å². The molecule has 5 heteroatoms. The molecule has 2 fully saturated rings. The number of hydrogen-bond acceptors (Lipinski definition) is 4. The van der Waals surface area contributed by atoms with Crippen LogP contribution in [0.3, 0.4) is 0 Å². The van der Waals surface area contributed by atoms with Gasteiger partial charge in [-0.2, -0.15) is 0 Å². The maximum atomic E-state index is 12.8. The Labute approximate surface area is 157 Å². The van der Waals surface area contributed by atoms with Crippen molar-refractivity contribution in [3.05, 3.63) is 11.1 Å². The van der Waals surface area contributed by atoms with Gasteiger partial charge in [0, 0.05) is 25.2 Å². The van der Waals surface area contributed by atoms with Crippen molar-refractivity contribution in [3.8, 4) is 0 Å². The van der Waals surface area contributed by atoms with Gasteiger partial charge in [-0.05, 0) is 63.8 Å². The molecule has 3 rings (SSSR count). The van der Waals surface area contributed by atoms with Gasteiger partial charge in [-0.25, -0.2) is 4.79 Å². The summed E-state index contributed by atoms with van der Waals surface area (Å²) in [7, 11) is 0. The first-order chi connectivity index (χ1) is 12.4. The number of carbonyl (C=O) groups excluding carboxylic acids is 2. The van der Waals surface area contributed by atoms with Crippen LogP contribution < -0.4 is 5.32 Å². The number of nitrogens with one attached hydrogen (secondary N) is 1. The second-order valence-electron chi connectivity index (χ2n) is 8.76. The largest absolute Gasteiger partial charge is 0.451 e. The molecule has 2 aliphatic heterocycles. The Morgan fingerprint density at radius 3 is 2.50 bits per heavy atom. The molecular formula is C21H34N2O3. The zero-order chi connectivity index (χ0) is 18.7. The lowest BCUT2D eigenvalue weighted by Gasteiger charge is -2.35. The van der Waals surface area contributed by atoms with Crippen LogP contribution in [-0.4, -0.2) is 48.6 Å². The standard InChI is InChI=1S/C21H34N2O3/c1-15-12-16(2)14-23(13-15)11-7-10-22-19(24)18-17(3)20(25)26-21(18)8-5-4-6-9-21/h15-16H,4-14H2,1-3H3,(H,22,24)/t15-,16-/m1/s1. The zero-order valence-corrected chi connectivity index (χ0v) is 16.6. The molecule has 1 aliphatic carbocycles. The summed E-state index contributed by atoms with van der Waals surface area (Å²) in [5, 5.41) is 3.05. The lowest BCUT2D eigenvalue weighted by atomic mass is 9.78. The fourth-order valence-electron chi connectivity index (χ4n) is 5.17. The summed E-state index contributed by atoms with van der Waals surface area (Å²) in [5.74, 6) is 1.10. The van der Waals surface area contributed by atoms with Crippen LogP contribution in [0.5, 0.6) is 0 Å². The predicted molar refractivity (Wildman–Crippen MR) is 102 cm³/mol. The summed E-state index contributed by atoms with van der Waals surface area (Å²) < 4.78 is 5.68. The summed E-state index contributed by atoms with van der Waals surface area (Å²) >= 11 is 0. The minimum atomic E-state index is -0.652. The Kier molecular flexibility index (Phi) is 6.06. The second kappa shape index (κ2) is 8.12. The van der Waals surface area contributed by atoms with E-state index in [0.717, 1.165) is 70.0 Å². The molecule has 146 valence electrons. The van der Waals surface area contributed by atoms with E-state index in [-0.39, 0.29) is 11.9 Å². The zero-order valence-electron chi connectivity index (χ0n) is 16.6. The summed E-state index contributed by atoms with van der Waals surface area (Å²) in [5.41, 5.74) is 0.451. The number of hydrogen-bond donors (Lipinski definition) is 1. The van der Waals surface area contributed by atoms with Gasteiger partial charge in [-0.1, -0.05) is 20.3 Å². The molecule has 1 saturated heterocycles. The molecule has 5 nitrogen and oxygen atoms in total. The lowest BCUT2D eigenvalue weighted by Crippen LogP contribution is -2.42. The third-order valence-electron chi connectivity index (χ3n) is 6.19. The SMILES string of the molecule is CC1=C(C(=O)NCCCN2C[C@H](C)C[C@@H](C)C2)C2(CCCCC2)OC1=O. The third kappa shape index (κ3) is 4.13. The Morgan fingerprint density at radius 1 is 1.19 bits per heavy atom. The molecule has 0 aromatic carbocycles. The minimum Gasteiger partial charge on any atom is -0.451 e. The van der Waals surface area contributed by atoms with E-state index in [4.69, 9.17) is 4.74 Å². The van der Waals surface area contributed by atoms with Gasteiger partial charge < -0.3 is 15.0 Å². The van der Waals surface area contributed by atoms with E-state index in [1.807, 2.05) is 0 Å². The third-order valence-corrected chi connectivity index (χ3v) is 6.19. The van der Waals surface area contributed by atoms with Crippen molar-refractivity contribution < 1.29 is 14.3 Å². The first kappa shape index (κ1) is 19.4. The molecule has 1 amide bonds. The van der Waals surface area contributed by atoms with Crippen molar-refractivity contribution >= 4 is 11.9 Å². The molecule has 3 aliphatic rings. The smallest absolute Gasteiger partial charge is 0.335 e. The van der Waals surface area contributed by atoms with Crippen LogP contribution in [0.1, 0.15) is 65.7 Å². The van der Waals surface area contributed by atoms with Gasteiger partial charge in [-0.3, -0.25) is 4.79 Å². The van der Waals surface area contributed by atoms with Crippen LogP contribution in [-0.2, 0) is 14.3 Å². The number of esters is 1. The molecule has 1 N–H and O–H groups in total. The summed E-state index contributed by atoms with van der Waals surface area (Å²) in [6.45, 7) is 10.4. The quantitative estimate of drug-likeness (QED) is 0.603. The van der Waals surface area contributed by atoms with Gasteiger partial charge in [0.2, 0.25) is 0 Å². The molecule has 26 heavy (non-hydrogen) atoms. The first-order valence-electron chi connectivity index (χ1n) is 10.4. The Hall–Kier alpha value is -1.36. The number of likely N-dealkylation sites (tertiary alicyclic amines) is 1. The molecular weight excluding hydrogens is 328 g/mol. The number of rotatable bonds is 5. The van der Waals surface area contributed by atoms with Crippen molar-refractivity contribution in [1.82, 2.24) is 10.2 Å². The highest BCUT2D eigenvalue weighted by atomic mass is 16.6. The molecule has 1 spiro atoms. The van der Waals surface area contributed by atoms with Gasteiger partial charge in [0.05, 0.1) is 5.57 Å². The van der Waals surface area contributed by atoms with Crippen LogP contribution in [0.15, 0.2) is 11.1 Å². The van der Waals surface area contributed by atoms with Crippen molar-refractivity contribution in [2.45, 2.75) is 71.3 Å². The monoisotopic (exact) mass is 362 g/mol. The first-order valence-corrected chi connectivity index (χ1v) is 10.4. The number of piperidine rings is 1. The van der Waals surface area contributed by atoms with Crippen molar-refractivity contribution in [1.29, 1.82) is 0 Å². The van der Waals surface area contributed by atoms with Gasteiger partial charge >= 0.3 is 5.97 Å². The van der Waals surface area contributed by atoms with Crippen molar-refractivity contribution in [2.24, 2.45) is 11.8 Å². The van der Waals surface area contributed by atoms with Gasteiger partial charge in [-0.15, -0.1) is 0 Å². The summed E-state index contributed by atoms with van der Waals surface area (Å²) in [6.07, 6.45) is 7.01. The van der Waals surface area contributed by atoms with Crippen LogP contribution in [0.25, 0.3) is 0 Å². The van der Waals surface area contributed by atoms with Crippen LogP contribution in [0.2, 0.25) is 0 Å². The van der Waals surface area contributed by atoms with Crippen LogP contribution in [0, 0.1) is 11.8 Å². The van der Waals surface area contributed by atoms with Crippen molar-refractivity contribution in [2.75, 3.05) is 26.2 Å². The Bertz CT molecular complexity index is 568. The van der Waals surface area contributed by atoms with Crippen LogP contribution >= 0.6 is 0 Å². The molecule has 0 aromatic rings. The highest BCUT2D eigenvalue weighted by Gasteiger charge is 2.49. The highest BCUT2D eigenvalue weighted by molar-refractivity contribution is 6.07. The number of nitrogens with zero attached hydrogens (tertiary/aromatic N) is 1.